The minimum atomic E-state index is -3.48. The average Bonchev–Trinajstić information content (AvgIpc) is 3.50. The molecule has 0 aliphatic heterocycles. The fourth-order valence-electron chi connectivity index (χ4n) is 4.61. The zero-order valence-corrected chi connectivity index (χ0v) is 28.9. The number of hydrogen-bond acceptors (Lipinski definition) is 8. The van der Waals surface area contributed by atoms with E-state index in [1.165, 1.54) is 12.1 Å². The van der Waals surface area contributed by atoms with Crippen molar-refractivity contribution in [2.45, 2.75) is 63.7 Å². The van der Waals surface area contributed by atoms with E-state index < -0.39 is 15.8 Å². The molecule has 1 N–H and O–H groups in total. The molecule has 0 aliphatic carbocycles. The van der Waals surface area contributed by atoms with Gasteiger partial charge in [-0.15, -0.1) is 11.3 Å². The van der Waals surface area contributed by atoms with Crippen LogP contribution in [0.3, 0.4) is 0 Å². The second-order valence-electron chi connectivity index (χ2n) is 11.8. The van der Waals surface area contributed by atoms with E-state index in [2.05, 4.69) is 31.5 Å². The summed E-state index contributed by atoms with van der Waals surface area (Å²) in [5, 5.41) is 6.55. The lowest BCUT2D eigenvalue weighted by Gasteiger charge is -2.15. The number of aromatic nitrogens is 1. The van der Waals surface area contributed by atoms with Gasteiger partial charge in [0.25, 0.3) is 5.91 Å². The molecule has 0 saturated heterocycles. The quantitative estimate of drug-likeness (QED) is 0.137. The van der Waals surface area contributed by atoms with Crippen LogP contribution in [0.25, 0.3) is 0 Å². The summed E-state index contributed by atoms with van der Waals surface area (Å²) in [7, 11) is -3.48. The van der Waals surface area contributed by atoms with Crippen molar-refractivity contribution in [3.05, 3.63) is 105 Å². The number of rotatable bonds is 14. The zero-order chi connectivity index (χ0) is 33.3. The summed E-state index contributed by atoms with van der Waals surface area (Å²) < 4.78 is 36.3. The maximum Gasteiger partial charge on any atom is 0.344 e. The molecule has 1 aromatic heterocycles. The van der Waals surface area contributed by atoms with Crippen molar-refractivity contribution in [2.75, 3.05) is 24.3 Å². The third kappa shape index (κ3) is 10.1. The number of esters is 1. The number of hydrogen-bond donors (Lipinski definition) is 1. The summed E-state index contributed by atoms with van der Waals surface area (Å²) >= 11 is 7.55. The van der Waals surface area contributed by atoms with Crippen molar-refractivity contribution in [1.29, 1.82) is 0 Å². The van der Waals surface area contributed by atoms with Gasteiger partial charge < -0.3 is 14.8 Å². The monoisotopic (exact) mass is 682 g/mol. The molecule has 4 rings (SSSR count). The molecule has 0 fully saturated rings. The highest BCUT2D eigenvalue weighted by Gasteiger charge is 2.18. The van der Waals surface area contributed by atoms with E-state index in [9.17, 15) is 18.0 Å². The molecule has 4 aromatic rings. The first kappa shape index (κ1) is 35.1. The molecule has 0 unspecified atom stereocenters. The second-order valence-corrected chi connectivity index (χ2v) is 15.3. The Hall–Kier alpha value is -3.73. The fourth-order valence-corrected chi connectivity index (χ4v) is 7.07. The summed E-state index contributed by atoms with van der Waals surface area (Å²) in [6.07, 6.45) is 2.31. The number of thiazole rings is 1. The number of anilines is 1. The summed E-state index contributed by atoms with van der Waals surface area (Å²) in [4.78, 5) is 30.4. The van der Waals surface area contributed by atoms with Crippen LogP contribution in [-0.2, 0) is 44.0 Å². The van der Waals surface area contributed by atoms with Gasteiger partial charge in [0.15, 0.2) is 16.4 Å². The van der Waals surface area contributed by atoms with Gasteiger partial charge in [0.05, 0.1) is 33.6 Å². The van der Waals surface area contributed by atoms with Crippen LogP contribution in [0, 0.1) is 0 Å². The van der Waals surface area contributed by atoms with Gasteiger partial charge in [-0.2, -0.15) is 0 Å². The number of aryl methyl sites for hydroxylation is 3. The highest BCUT2D eigenvalue weighted by Crippen LogP contribution is 2.28. The highest BCUT2D eigenvalue weighted by atomic mass is 35.5. The Bertz CT molecular complexity index is 1760. The van der Waals surface area contributed by atoms with E-state index in [0.29, 0.717) is 34.9 Å². The number of benzene rings is 3. The van der Waals surface area contributed by atoms with Gasteiger partial charge in [-0.05, 0) is 85.8 Å². The van der Waals surface area contributed by atoms with Gasteiger partial charge in [-0.1, -0.05) is 50.6 Å². The zero-order valence-electron chi connectivity index (χ0n) is 26.5. The highest BCUT2D eigenvalue weighted by molar-refractivity contribution is 7.91. The SMILES string of the molecule is CCOC(=O)COc1ccc(CCCS(=O)(=O)c2ccc(Cl)cc2)cc1NC(=O)c1cccc(CCc2nc(C(C)(C)C)cs2)c1. The van der Waals surface area contributed by atoms with E-state index in [0.717, 1.165) is 34.7 Å². The third-order valence-corrected chi connectivity index (χ3v) is 10.1. The molecule has 8 nitrogen and oxygen atoms in total. The molecule has 0 aliphatic rings. The molecule has 0 saturated carbocycles. The summed E-state index contributed by atoms with van der Waals surface area (Å²) in [5.74, 6) is -0.621. The van der Waals surface area contributed by atoms with E-state index in [4.69, 9.17) is 26.1 Å². The Morgan fingerprint density at radius 3 is 2.39 bits per heavy atom. The van der Waals surface area contributed by atoms with E-state index in [1.54, 1.807) is 54.7 Å². The number of nitrogens with one attached hydrogen (secondary N) is 1. The van der Waals surface area contributed by atoms with Crippen molar-refractivity contribution < 1.29 is 27.5 Å². The number of amides is 1. The predicted molar refractivity (Wildman–Crippen MR) is 183 cm³/mol. The summed E-state index contributed by atoms with van der Waals surface area (Å²) in [6.45, 7) is 8.04. The molecule has 0 atom stereocenters. The maximum absolute atomic E-state index is 13.4. The van der Waals surface area contributed by atoms with E-state index >= 15 is 0 Å². The number of ether oxygens (including phenoxy) is 2. The van der Waals surface area contributed by atoms with Crippen LogP contribution in [0.2, 0.25) is 5.02 Å². The Morgan fingerprint density at radius 1 is 0.957 bits per heavy atom. The average molecular weight is 683 g/mol. The van der Waals surface area contributed by atoms with Crippen molar-refractivity contribution in [1.82, 2.24) is 4.98 Å². The predicted octanol–water partition coefficient (Wildman–Crippen LogP) is 7.48. The molecule has 1 amide bonds. The molecular weight excluding hydrogens is 644 g/mol. The lowest BCUT2D eigenvalue weighted by molar-refractivity contribution is -0.145. The van der Waals surface area contributed by atoms with Crippen LogP contribution in [0.1, 0.15) is 66.3 Å². The first-order valence-corrected chi connectivity index (χ1v) is 18.0. The molecule has 11 heteroatoms. The molecule has 0 spiro atoms. The van der Waals surface area contributed by atoms with Crippen LogP contribution in [-0.4, -0.2) is 44.2 Å². The third-order valence-electron chi connectivity index (χ3n) is 7.13. The number of carbonyl (C=O) groups is 2. The fraction of sp³-hybridized carbons (Fsp3) is 0.343. The van der Waals surface area contributed by atoms with Gasteiger partial charge in [0.1, 0.15) is 5.75 Å². The van der Waals surface area contributed by atoms with Crippen molar-refractivity contribution in [3.63, 3.8) is 0 Å². The smallest absolute Gasteiger partial charge is 0.344 e. The van der Waals surface area contributed by atoms with Gasteiger partial charge in [-0.25, -0.2) is 18.2 Å². The minimum Gasteiger partial charge on any atom is -0.480 e. The summed E-state index contributed by atoms with van der Waals surface area (Å²) in [5.41, 5.74) is 3.73. The van der Waals surface area contributed by atoms with Gasteiger partial charge in [0, 0.05) is 27.8 Å². The number of sulfone groups is 1. The van der Waals surface area contributed by atoms with Gasteiger partial charge >= 0.3 is 5.97 Å². The largest absolute Gasteiger partial charge is 0.480 e. The first-order valence-electron chi connectivity index (χ1n) is 15.1. The Morgan fingerprint density at radius 2 is 1.70 bits per heavy atom. The minimum absolute atomic E-state index is 0.00194. The second kappa shape index (κ2) is 15.7. The van der Waals surface area contributed by atoms with Crippen LogP contribution < -0.4 is 10.1 Å². The van der Waals surface area contributed by atoms with Gasteiger partial charge in [-0.3, -0.25) is 4.79 Å². The summed E-state index contributed by atoms with van der Waals surface area (Å²) in [6, 6.07) is 18.7. The maximum atomic E-state index is 13.4. The van der Waals surface area contributed by atoms with Crippen LogP contribution in [0.15, 0.2) is 77.0 Å². The first-order chi connectivity index (χ1) is 21.8. The number of halogens is 1. The number of carbonyl (C=O) groups excluding carboxylic acids is 2. The molecule has 0 radical (unpaired) electrons. The topological polar surface area (TPSA) is 112 Å². The molecule has 46 heavy (non-hydrogen) atoms. The Kier molecular flexibility index (Phi) is 12.0. The molecule has 1 heterocycles. The van der Waals surface area contributed by atoms with Gasteiger partial charge in [0.2, 0.25) is 0 Å². The van der Waals surface area contributed by atoms with Crippen molar-refractivity contribution in [3.8, 4) is 5.75 Å². The standard InChI is InChI=1S/C35H39ClN2O6S2/c1-5-43-33(39)22-44-30-17-11-25(9-7-19-46(41,42)28-15-13-27(36)14-16-28)21-29(30)37-34(40)26-10-6-8-24(20-26)12-18-32-38-31(23-45-32)35(2,3)4/h6,8,10-11,13-17,20-21,23H,5,7,9,12,18-19,22H2,1-4H3,(H,37,40). The molecule has 0 bridgehead atoms. The molecular formula is C35H39ClN2O6S2. The van der Waals surface area contributed by atoms with Crippen molar-refractivity contribution in [2.24, 2.45) is 0 Å². The van der Waals surface area contributed by atoms with Crippen LogP contribution in [0.4, 0.5) is 5.69 Å². The lowest BCUT2D eigenvalue weighted by Crippen LogP contribution is -2.17. The molecule has 3 aromatic carbocycles. The van der Waals surface area contributed by atoms with E-state index in [-0.39, 0.29) is 35.2 Å². The van der Waals surface area contributed by atoms with E-state index in [1.807, 2.05) is 18.2 Å². The Labute approximate surface area is 280 Å². The van der Waals surface area contributed by atoms with Crippen LogP contribution >= 0.6 is 22.9 Å². The normalized spacial score (nSPS) is 11.7. The molecule has 244 valence electrons. The van der Waals surface area contributed by atoms with Crippen molar-refractivity contribution >= 4 is 50.3 Å². The Balaban J connectivity index is 1.45. The number of nitrogens with zero attached hydrogens (tertiary/aromatic N) is 1. The lowest BCUT2D eigenvalue weighted by atomic mass is 9.93. The van der Waals surface area contributed by atoms with Crippen LogP contribution in [0.5, 0.6) is 5.75 Å².